The third-order valence-electron chi connectivity index (χ3n) is 16.2. The summed E-state index contributed by atoms with van der Waals surface area (Å²) < 4.78 is 23.8. The second-order valence-electron chi connectivity index (χ2n) is 25.3. The maximum atomic E-state index is 13.0. The van der Waals surface area contributed by atoms with Gasteiger partial charge in [0.05, 0.1) is 39.9 Å². The van der Waals surface area contributed by atoms with E-state index in [4.69, 9.17) is 9.05 Å². The fraction of sp³-hybridized carbons (Fsp3) is 0.928. The molecule has 0 aliphatic carbocycles. The number of hydrogen-bond acceptors (Lipinski definition) is 5. The van der Waals surface area contributed by atoms with Crippen LogP contribution in [0.3, 0.4) is 0 Å². The molecule has 3 atom stereocenters. The van der Waals surface area contributed by atoms with E-state index in [0.29, 0.717) is 23.9 Å². The molecular formula is C69H138N2O6P+. The van der Waals surface area contributed by atoms with Gasteiger partial charge in [-0.2, -0.15) is 0 Å². The number of amides is 1. The molecule has 78 heavy (non-hydrogen) atoms. The zero-order valence-electron chi connectivity index (χ0n) is 53.2. The second kappa shape index (κ2) is 60.6. The summed E-state index contributed by atoms with van der Waals surface area (Å²) in [6, 6.07) is -0.757. The zero-order chi connectivity index (χ0) is 57.0. The molecule has 0 rings (SSSR count). The van der Waals surface area contributed by atoms with Gasteiger partial charge in [-0.1, -0.05) is 334 Å². The molecule has 0 heterocycles. The normalized spacial score (nSPS) is 13.8. The number of rotatable bonds is 65. The number of phosphoric ester groups is 1. The monoisotopic (exact) mass is 1120 g/mol. The van der Waals surface area contributed by atoms with E-state index >= 15 is 0 Å². The summed E-state index contributed by atoms with van der Waals surface area (Å²) in [6.07, 6.45) is 78.7. The lowest BCUT2D eigenvalue weighted by molar-refractivity contribution is -0.870. The molecular weight excluding hydrogens is 984 g/mol. The summed E-state index contributed by atoms with van der Waals surface area (Å²) in [4.78, 5) is 23.4. The maximum Gasteiger partial charge on any atom is 0.472 e. The van der Waals surface area contributed by atoms with Crippen molar-refractivity contribution in [1.82, 2.24) is 5.32 Å². The second-order valence-corrected chi connectivity index (χ2v) is 26.7. The minimum Gasteiger partial charge on any atom is -0.391 e. The molecule has 0 bridgehead atoms. The molecule has 0 spiro atoms. The average molecular weight is 1120 g/mol. The van der Waals surface area contributed by atoms with Gasteiger partial charge in [-0.25, -0.2) is 4.57 Å². The Morgan fingerprint density at radius 3 is 1.05 bits per heavy atom. The quantitative estimate of drug-likeness (QED) is 0.0243. The van der Waals surface area contributed by atoms with Crippen molar-refractivity contribution in [1.29, 1.82) is 0 Å². The van der Waals surface area contributed by atoms with Crippen LogP contribution in [0.4, 0.5) is 0 Å². The van der Waals surface area contributed by atoms with Crippen molar-refractivity contribution in [3.05, 3.63) is 24.3 Å². The lowest BCUT2D eigenvalue weighted by atomic mass is 10.0. The van der Waals surface area contributed by atoms with E-state index in [9.17, 15) is 19.4 Å². The Morgan fingerprint density at radius 1 is 0.436 bits per heavy atom. The number of carbonyl (C=O) groups excluding carboxylic acids is 1. The minimum atomic E-state index is -4.32. The number of phosphoric acid groups is 1. The molecule has 0 aromatic rings. The third kappa shape index (κ3) is 62.6. The number of likely N-dealkylation sites (N-methyl/N-ethyl adjacent to an activating group) is 1. The average Bonchev–Trinajstić information content (AvgIpc) is 3.41. The smallest absolute Gasteiger partial charge is 0.391 e. The number of allylic oxidation sites excluding steroid dienone is 4. The number of nitrogens with one attached hydrogen (secondary N) is 1. The van der Waals surface area contributed by atoms with Gasteiger partial charge in [-0.05, 0) is 44.9 Å². The molecule has 9 heteroatoms. The van der Waals surface area contributed by atoms with Crippen molar-refractivity contribution in [2.45, 2.75) is 373 Å². The number of carbonyl (C=O) groups is 1. The topological polar surface area (TPSA) is 105 Å². The predicted octanol–water partition coefficient (Wildman–Crippen LogP) is 21.9. The lowest BCUT2D eigenvalue weighted by Crippen LogP contribution is -2.46. The van der Waals surface area contributed by atoms with E-state index in [1.807, 2.05) is 21.1 Å². The summed E-state index contributed by atoms with van der Waals surface area (Å²) >= 11 is 0. The Morgan fingerprint density at radius 2 is 0.731 bits per heavy atom. The molecule has 0 aliphatic rings. The van der Waals surface area contributed by atoms with Gasteiger partial charge in [-0.15, -0.1) is 0 Å². The van der Waals surface area contributed by atoms with Crippen LogP contribution in [0.25, 0.3) is 0 Å². The van der Waals surface area contributed by atoms with Gasteiger partial charge in [0.1, 0.15) is 13.2 Å². The molecule has 3 N–H and O–H groups in total. The fourth-order valence-corrected chi connectivity index (χ4v) is 11.5. The zero-order valence-corrected chi connectivity index (χ0v) is 54.1. The van der Waals surface area contributed by atoms with Crippen LogP contribution in [0.2, 0.25) is 0 Å². The van der Waals surface area contributed by atoms with Crippen LogP contribution < -0.4 is 5.32 Å². The first-order chi connectivity index (χ1) is 38.0. The minimum absolute atomic E-state index is 0.0780. The summed E-state index contributed by atoms with van der Waals surface area (Å²) in [5.41, 5.74) is 0. The van der Waals surface area contributed by atoms with Gasteiger partial charge >= 0.3 is 7.82 Å². The van der Waals surface area contributed by atoms with E-state index in [0.717, 1.165) is 44.9 Å². The number of aliphatic hydroxyl groups excluding tert-OH is 1. The van der Waals surface area contributed by atoms with Crippen molar-refractivity contribution in [3.8, 4) is 0 Å². The van der Waals surface area contributed by atoms with Gasteiger partial charge in [-0.3, -0.25) is 13.8 Å². The molecule has 0 saturated heterocycles. The van der Waals surface area contributed by atoms with Crippen LogP contribution in [0.1, 0.15) is 361 Å². The first-order valence-electron chi connectivity index (χ1n) is 34.7. The van der Waals surface area contributed by atoms with Crippen molar-refractivity contribution >= 4 is 13.7 Å². The van der Waals surface area contributed by atoms with Gasteiger partial charge in [0.15, 0.2) is 0 Å². The Bertz CT molecular complexity index is 1320. The number of nitrogens with zero attached hydrogens (tertiary/aromatic N) is 1. The number of hydrogen-bond donors (Lipinski definition) is 3. The number of quaternary nitrogens is 1. The van der Waals surface area contributed by atoms with Crippen LogP contribution in [0.5, 0.6) is 0 Å². The van der Waals surface area contributed by atoms with Gasteiger partial charge < -0.3 is 19.8 Å². The van der Waals surface area contributed by atoms with Crippen LogP contribution >= 0.6 is 7.82 Å². The summed E-state index contributed by atoms with van der Waals surface area (Å²) in [5, 5.41) is 14.1. The number of unbranched alkanes of at least 4 members (excludes halogenated alkanes) is 48. The molecule has 1 amide bonds. The molecule has 464 valence electrons. The molecule has 3 unspecified atom stereocenters. The first-order valence-corrected chi connectivity index (χ1v) is 36.2. The van der Waals surface area contributed by atoms with E-state index in [-0.39, 0.29) is 19.1 Å². The summed E-state index contributed by atoms with van der Waals surface area (Å²) in [7, 11) is 1.64. The van der Waals surface area contributed by atoms with Crippen molar-refractivity contribution < 1.29 is 32.9 Å². The van der Waals surface area contributed by atoms with Crippen molar-refractivity contribution in [3.63, 3.8) is 0 Å². The standard InChI is InChI=1S/C69H137N2O6P/c1-6-8-10-12-14-16-18-20-22-23-24-25-26-27-28-29-30-31-32-33-34-35-36-37-38-39-40-41-42-43-44-45-46-47-49-51-53-55-57-59-61-63-69(73)70-67(66-77-78(74,75)76-65-64-71(3,4)5)68(72)62-60-58-56-54-52-50-48-21-19-17-15-13-11-9-7-2/h18,20,23-24,67-68,72H,6-17,19,21-22,25-66H2,1-5H3,(H-,70,73,74,75)/p+1/b20-18-,24-23-. The van der Waals surface area contributed by atoms with E-state index in [2.05, 4.69) is 43.5 Å². The van der Waals surface area contributed by atoms with Crippen molar-refractivity contribution in [2.24, 2.45) is 0 Å². The van der Waals surface area contributed by atoms with E-state index in [1.165, 1.54) is 289 Å². The highest BCUT2D eigenvalue weighted by molar-refractivity contribution is 7.47. The maximum absolute atomic E-state index is 13.0. The van der Waals surface area contributed by atoms with Gasteiger partial charge in [0.25, 0.3) is 0 Å². The van der Waals surface area contributed by atoms with Gasteiger partial charge in [0.2, 0.25) is 5.91 Å². The summed E-state index contributed by atoms with van der Waals surface area (Å²) in [5.74, 6) is -0.136. The highest BCUT2D eigenvalue weighted by atomic mass is 31.2. The molecule has 0 radical (unpaired) electrons. The molecule has 8 nitrogen and oxygen atoms in total. The molecule has 0 aliphatic heterocycles. The highest BCUT2D eigenvalue weighted by Crippen LogP contribution is 2.43. The molecule has 0 saturated carbocycles. The van der Waals surface area contributed by atoms with Crippen LogP contribution in [0.15, 0.2) is 24.3 Å². The Hall–Kier alpha value is -1.02. The van der Waals surface area contributed by atoms with E-state index in [1.54, 1.807) is 0 Å². The predicted molar refractivity (Wildman–Crippen MR) is 342 cm³/mol. The summed E-state index contributed by atoms with van der Waals surface area (Å²) in [6.45, 7) is 4.92. The Labute approximate surface area is 487 Å². The molecule has 0 aromatic carbocycles. The molecule has 0 fully saturated rings. The number of aliphatic hydroxyl groups is 1. The fourth-order valence-electron chi connectivity index (χ4n) is 10.8. The van der Waals surface area contributed by atoms with Crippen LogP contribution in [-0.2, 0) is 18.4 Å². The first kappa shape index (κ1) is 77.0. The Kier molecular flexibility index (Phi) is 59.8. The Balaban J connectivity index is 3.81. The highest BCUT2D eigenvalue weighted by Gasteiger charge is 2.28. The molecule has 0 aromatic heterocycles. The lowest BCUT2D eigenvalue weighted by Gasteiger charge is -2.26. The van der Waals surface area contributed by atoms with E-state index < -0.39 is 20.0 Å². The van der Waals surface area contributed by atoms with Crippen LogP contribution in [-0.4, -0.2) is 73.4 Å². The third-order valence-corrected chi connectivity index (χ3v) is 17.2. The SMILES string of the molecule is CCCCCCC/C=C\C/C=C\CCCCCCCCCCCCCCCCCCCCCCCCCCCCCCCC(=O)NC(COP(=O)(O)OCC[N+](C)(C)C)C(O)CCCCCCCCCCCCCCCCC. The van der Waals surface area contributed by atoms with Gasteiger partial charge in [0, 0.05) is 6.42 Å². The largest absolute Gasteiger partial charge is 0.472 e. The van der Waals surface area contributed by atoms with Crippen molar-refractivity contribution in [2.75, 3.05) is 40.9 Å². The van der Waals surface area contributed by atoms with Crippen LogP contribution in [0, 0.1) is 0 Å².